The predicted molar refractivity (Wildman–Crippen MR) is 196 cm³/mol. The van der Waals surface area contributed by atoms with Crippen molar-refractivity contribution in [2.75, 3.05) is 0 Å². The van der Waals surface area contributed by atoms with Crippen LogP contribution in [0.25, 0.3) is 55.6 Å². The van der Waals surface area contributed by atoms with Gasteiger partial charge in [-0.3, -0.25) is 0 Å². The molecule has 0 saturated heterocycles. The second-order valence-corrected chi connectivity index (χ2v) is 18.5. The maximum atomic E-state index is 13.4. The second-order valence-electron chi connectivity index (χ2n) is 13.5. The standard InChI is InChI=1S/C27H21FNO.C15H18NSi.Ir/c1-17(2)14-18-12-13-29-25(15-18)20-8-11-26-24(16-20)23-5-3-4-22(27(23)30-26)19-6-9-21(28)10-7-19;1-12-10-14(13-8-6-5-7-9-13)16-11-15(12)17(2,3)4;/h3-7,9-13,15-17H,14H2,1-2H3;5-8,10-11H,1-4H3;/q2*-1;. The number of furan rings is 1. The van der Waals surface area contributed by atoms with E-state index in [1.54, 1.807) is 12.1 Å². The molecule has 0 spiro atoms. The summed E-state index contributed by atoms with van der Waals surface area (Å²) in [5, 5.41) is 3.50. The molecule has 0 unspecified atom stereocenters. The van der Waals surface area contributed by atoms with Gasteiger partial charge in [0.1, 0.15) is 11.4 Å². The fourth-order valence-electron chi connectivity index (χ4n) is 6.01. The van der Waals surface area contributed by atoms with Crippen LogP contribution in [0.5, 0.6) is 0 Å². The molecule has 7 rings (SSSR count). The molecular formula is C42H39FIrN2OSi-2. The van der Waals surface area contributed by atoms with Gasteiger partial charge in [0.25, 0.3) is 0 Å². The number of aromatic nitrogens is 2. The fraction of sp³-hybridized carbons (Fsp3) is 0.190. The molecule has 3 nitrogen and oxygen atoms in total. The average Bonchev–Trinajstić information content (AvgIpc) is 3.43. The molecule has 0 bridgehead atoms. The Kier molecular flexibility index (Phi) is 10.9. The summed E-state index contributed by atoms with van der Waals surface area (Å²) in [5.74, 6) is 0.344. The Labute approximate surface area is 297 Å². The van der Waals surface area contributed by atoms with Crippen LogP contribution in [0, 0.1) is 30.8 Å². The van der Waals surface area contributed by atoms with E-state index in [2.05, 4.69) is 105 Å². The van der Waals surface area contributed by atoms with Gasteiger partial charge < -0.3 is 14.4 Å². The monoisotopic (exact) mass is 827 g/mol. The number of para-hydroxylation sites is 1. The molecule has 6 heteroatoms. The van der Waals surface area contributed by atoms with Crippen LogP contribution in [0.1, 0.15) is 25.0 Å². The summed E-state index contributed by atoms with van der Waals surface area (Å²) in [6.45, 7) is 13.7. The van der Waals surface area contributed by atoms with E-state index in [0.29, 0.717) is 5.92 Å². The first-order valence-corrected chi connectivity index (χ1v) is 19.6. The second kappa shape index (κ2) is 14.9. The Morgan fingerprint density at radius 2 is 1.58 bits per heavy atom. The molecule has 0 atom stereocenters. The van der Waals surface area contributed by atoms with Crippen molar-refractivity contribution >= 4 is 35.2 Å². The van der Waals surface area contributed by atoms with Crippen LogP contribution in [0.2, 0.25) is 19.6 Å². The van der Waals surface area contributed by atoms with Crippen LogP contribution in [0.4, 0.5) is 4.39 Å². The molecule has 0 fully saturated rings. The first-order chi connectivity index (χ1) is 22.6. The summed E-state index contributed by atoms with van der Waals surface area (Å²) < 4.78 is 19.5. The molecule has 0 aliphatic carbocycles. The molecule has 0 aliphatic rings. The van der Waals surface area contributed by atoms with Crippen LogP contribution in [0.3, 0.4) is 0 Å². The van der Waals surface area contributed by atoms with Crippen LogP contribution in [-0.2, 0) is 26.5 Å². The number of halogens is 1. The minimum absolute atomic E-state index is 0. The van der Waals surface area contributed by atoms with Gasteiger partial charge in [-0.05, 0) is 59.6 Å². The Hall–Kier alpha value is -4.22. The van der Waals surface area contributed by atoms with Crippen LogP contribution in [0.15, 0.2) is 114 Å². The molecule has 1 radical (unpaired) electrons. The van der Waals surface area contributed by atoms with Crippen molar-refractivity contribution < 1.29 is 28.9 Å². The number of nitrogens with zero attached hydrogens (tertiary/aromatic N) is 2. The smallest absolute Gasteiger partial charge is 0.128 e. The summed E-state index contributed by atoms with van der Waals surface area (Å²) in [6.07, 6.45) is 4.94. The zero-order valence-electron chi connectivity index (χ0n) is 28.2. The van der Waals surface area contributed by atoms with Crippen molar-refractivity contribution in [3.63, 3.8) is 0 Å². The van der Waals surface area contributed by atoms with Crippen LogP contribution in [-0.4, -0.2) is 18.0 Å². The van der Waals surface area contributed by atoms with E-state index < -0.39 is 8.07 Å². The van der Waals surface area contributed by atoms with Gasteiger partial charge in [0, 0.05) is 43.4 Å². The van der Waals surface area contributed by atoms with Gasteiger partial charge in [0.05, 0.1) is 13.7 Å². The molecule has 0 saturated carbocycles. The molecule has 0 aliphatic heterocycles. The molecule has 3 aromatic heterocycles. The SMILES string of the molecule is CC(C)Cc1ccnc(-c2[c-]cc3oc4c(-c5ccc(F)cc5)cccc4c3c2)c1.Cc1cc(-c2[c-]cccc2)ncc1[Si](C)(C)C.[Ir]. The minimum atomic E-state index is -1.27. The molecule has 0 N–H and O–H groups in total. The van der Waals surface area contributed by atoms with Crippen molar-refractivity contribution in [1.82, 2.24) is 9.97 Å². The molecule has 245 valence electrons. The number of aryl methyl sites for hydroxylation is 1. The van der Waals surface area contributed by atoms with Crippen LogP contribution < -0.4 is 5.19 Å². The van der Waals surface area contributed by atoms with Gasteiger partial charge in [-0.15, -0.1) is 59.7 Å². The Morgan fingerprint density at radius 1 is 0.812 bits per heavy atom. The van der Waals surface area contributed by atoms with Crippen LogP contribution >= 0.6 is 0 Å². The number of rotatable bonds is 6. The molecule has 4 aromatic carbocycles. The topological polar surface area (TPSA) is 38.9 Å². The van der Waals surface area contributed by atoms with E-state index in [4.69, 9.17) is 4.42 Å². The fourth-order valence-corrected chi connectivity index (χ4v) is 7.71. The van der Waals surface area contributed by atoms with Crippen molar-refractivity contribution in [3.05, 3.63) is 139 Å². The number of benzene rings is 4. The molecule has 7 aromatic rings. The summed E-state index contributed by atoms with van der Waals surface area (Å²) in [5.41, 5.74) is 10.0. The van der Waals surface area contributed by atoms with E-state index >= 15 is 0 Å². The summed E-state index contributed by atoms with van der Waals surface area (Å²) in [4.78, 5) is 9.14. The van der Waals surface area contributed by atoms with Crippen molar-refractivity contribution in [2.24, 2.45) is 5.92 Å². The quantitative estimate of drug-likeness (QED) is 0.124. The summed E-state index contributed by atoms with van der Waals surface area (Å²) in [7, 11) is -1.27. The Bertz CT molecular complexity index is 2150. The van der Waals surface area contributed by atoms with Gasteiger partial charge >= 0.3 is 0 Å². The molecule has 0 amide bonds. The molecule has 3 heterocycles. The van der Waals surface area contributed by atoms with Gasteiger partial charge in [0.2, 0.25) is 0 Å². The maximum Gasteiger partial charge on any atom is 0.128 e. The normalized spacial score (nSPS) is 11.3. The van der Waals surface area contributed by atoms with E-state index in [1.165, 1.54) is 28.4 Å². The third-order valence-corrected chi connectivity index (χ3v) is 10.4. The van der Waals surface area contributed by atoms with E-state index in [-0.39, 0.29) is 25.9 Å². The number of hydrogen-bond acceptors (Lipinski definition) is 3. The molecule has 48 heavy (non-hydrogen) atoms. The largest absolute Gasteiger partial charge is 0.500 e. The zero-order valence-corrected chi connectivity index (χ0v) is 31.6. The van der Waals surface area contributed by atoms with Crippen molar-refractivity contribution in [3.8, 4) is 33.6 Å². The van der Waals surface area contributed by atoms with Crippen molar-refractivity contribution in [1.29, 1.82) is 0 Å². The van der Waals surface area contributed by atoms with Gasteiger partial charge in [-0.2, -0.15) is 0 Å². The maximum absolute atomic E-state index is 13.4. The van der Waals surface area contributed by atoms with Gasteiger partial charge in [0.15, 0.2) is 0 Å². The van der Waals surface area contributed by atoms with Crippen molar-refractivity contribution in [2.45, 2.75) is 46.8 Å². The minimum Gasteiger partial charge on any atom is -0.500 e. The Balaban J connectivity index is 0.000000214. The van der Waals surface area contributed by atoms with E-state index in [9.17, 15) is 4.39 Å². The Morgan fingerprint density at radius 3 is 2.27 bits per heavy atom. The predicted octanol–water partition coefficient (Wildman–Crippen LogP) is 10.9. The van der Waals surface area contributed by atoms with Gasteiger partial charge in [-0.25, -0.2) is 4.39 Å². The van der Waals surface area contributed by atoms with E-state index in [1.807, 2.05) is 42.6 Å². The number of hydrogen-bond donors (Lipinski definition) is 0. The first-order valence-electron chi connectivity index (χ1n) is 16.1. The summed E-state index contributed by atoms with van der Waals surface area (Å²) in [6, 6.07) is 37.5. The average molecular weight is 827 g/mol. The first kappa shape index (κ1) is 35.1. The molecular weight excluding hydrogens is 788 g/mol. The number of fused-ring (bicyclic) bond motifs is 3. The number of pyridine rings is 2. The third kappa shape index (κ3) is 7.90. The third-order valence-electron chi connectivity index (χ3n) is 8.23. The van der Waals surface area contributed by atoms with Gasteiger partial charge in [-0.1, -0.05) is 92.5 Å². The zero-order chi connectivity index (χ0) is 33.1. The van der Waals surface area contributed by atoms with E-state index in [0.717, 1.165) is 62.0 Å². The summed E-state index contributed by atoms with van der Waals surface area (Å²) >= 11 is 0.